The molecule has 0 saturated carbocycles. The van der Waals surface area contributed by atoms with Gasteiger partial charge in [0.1, 0.15) is 5.60 Å². The van der Waals surface area contributed by atoms with E-state index in [0.717, 1.165) is 5.56 Å². The van der Waals surface area contributed by atoms with Crippen molar-refractivity contribution in [3.8, 4) is 17.2 Å². The van der Waals surface area contributed by atoms with Crippen molar-refractivity contribution >= 4 is 12.2 Å². The molecule has 2 rings (SSSR count). The maximum atomic E-state index is 11.5. The first-order valence-electron chi connectivity index (χ1n) is 7.00. The van der Waals surface area contributed by atoms with E-state index in [9.17, 15) is 4.79 Å². The number of benzene rings is 1. The van der Waals surface area contributed by atoms with Crippen LogP contribution in [0.1, 0.15) is 26.3 Å². The Bertz CT molecular complexity index is 575. The molecule has 0 aromatic heterocycles. The van der Waals surface area contributed by atoms with E-state index in [1.807, 2.05) is 45.1 Å². The molecule has 0 aliphatic carbocycles. The molecule has 0 unspecified atom stereocenters. The maximum absolute atomic E-state index is 11.5. The van der Waals surface area contributed by atoms with E-state index >= 15 is 0 Å². The fraction of sp³-hybridized carbons (Fsp3) is 0.438. The van der Waals surface area contributed by atoms with Crippen LogP contribution in [0.4, 0.5) is 4.79 Å². The number of hydrogen-bond donors (Lipinski definition) is 1. The van der Waals surface area contributed by atoms with Crippen LogP contribution in [-0.4, -0.2) is 32.1 Å². The van der Waals surface area contributed by atoms with Gasteiger partial charge in [0, 0.05) is 6.54 Å². The second-order valence-corrected chi connectivity index (χ2v) is 5.74. The summed E-state index contributed by atoms with van der Waals surface area (Å²) in [5.74, 6) is 1.89. The zero-order chi connectivity index (χ0) is 16.2. The van der Waals surface area contributed by atoms with Crippen molar-refractivity contribution in [3.05, 3.63) is 23.8 Å². The van der Waals surface area contributed by atoms with Crippen molar-refractivity contribution in [1.82, 2.24) is 5.32 Å². The molecule has 0 atom stereocenters. The van der Waals surface area contributed by atoms with Gasteiger partial charge in [-0.25, -0.2) is 4.79 Å². The standard InChI is InChI=1S/C16H21NO5/c1-16(2,3)22-15(18)17-7-5-6-11-8-12(19-4)14-13(9-11)20-10-21-14/h5-6,8-9H,7,10H2,1-4H3,(H,17,18). The number of ether oxygens (including phenoxy) is 4. The van der Waals surface area contributed by atoms with Crippen LogP contribution < -0.4 is 19.5 Å². The Labute approximate surface area is 130 Å². The number of alkyl carbamates (subject to hydrolysis) is 1. The second-order valence-electron chi connectivity index (χ2n) is 5.74. The first-order chi connectivity index (χ1) is 10.4. The third kappa shape index (κ3) is 4.31. The second kappa shape index (κ2) is 6.60. The minimum Gasteiger partial charge on any atom is -0.493 e. The van der Waals surface area contributed by atoms with E-state index in [-0.39, 0.29) is 6.79 Å². The van der Waals surface area contributed by atoms with Crippen LogP contribution >= 0.6 is 0 Å². The van der Waals surface area contributed by atoms with Gasteiger partial charge in [-0.3, -0.25) is 0 Å². The fourth-order valence-corrected chi connectivity index (χ4v) is 1.90. The van der Waals surface area contributed by atoms with Crippen LogP contribution in [0.3, 0.4) is 0 Å². The highest BCUT2D eigenvalue weighted by atomic mass is 16.7. The molecule has 1 amide bonds. The summed E-state index contributed by atoms with van der Waals surface area (Å²) < 4.78 is 21.1. The minimum absolute atomic E-state index is 0.194. The zero-order valence-corrected chi connectivity index (χ0v) is 13.3. The van der Waals surface area contributed by atoms with Gasteiger partial charge in [-0.1, -0.05) is 12.2 Å². The molecule has 0 radical (unpaired) electrons. The van der Waals surface area contributed by atoms with Crippen molar-refractivity contribution in [2.75, 3.05) is 20.4 Å². The van der Waals surface area contributed by atoms with E-state index in [4.69, 9.17) is 18.9 Å². The molecule has 1 N–H and O–H groups in total. The van der Waals surface area contributed by atoms with E-state index < -0.39 is 11.7 Å². The van der Waals surface area contributed by atoms with Crippen LogP contribution in [0.25, 0.3) is 6.08 Å². The number of nitrogens with one attached hydrogen (secondary N) is 1. The van der Waals surface area contributed by atoms with Gasteiger partial charge in [0.15, 0.2) is 11.5 Å². The monoisotopic (exact) mass is 307 g/mol. The van der Waals surface area contributed by atoms with Gasteiger partial charge in [-0.15, -0.1) is 0 Å². The molecule has 120 valence electrons. The average molecular weight is 307 g/mol. The van der Waals surface area contributed by atoms with Gasteiger partial charge in [-0.2, -0.15) is 0 Å². The Morgan fingerprint density at radius 3 is 2.82 bits per heavy atom. The van der Waals surface area contributed by atoms with E-state index in [2.05, 4.69) is 5.32 Å². The molecule has 0 fully saturated rings. The first kappa shape index (κ1) is 16.0. The van der Waals surface area contributed by atoms with Gasteiger partial charge < -0.3 is 24.3 Å². The maximum Gasteiger partial charge on any atom is 0.407 e. The third-order valence-corrected chi connectivity index (χ3v) is 2.75. The molecule has 0 bridgehead atoms. The molecule has 0 saturated heterocycles. The van der Waals surface area contributed by atoms with Crippen molar-refractivity contribution in [3.63, 3.8) is 0 Å². The summed E-state index contributed by atoms with van der Waals surface area (Å²) in [4.78, 5) is 11.5. The number of fused-ring (bicyclic) bond motifs is 1. The highest BCUT2D eigenvalue weighted by molar-refractivity contribution is 5.68. The lowest BCUT2D eigenvalue weighted by atomic mass is 10.1. The van der Waals surface area contributed by atoms with Crippen molar-refractivity contribution in [1.29, 1.82) is 0 Å². The molecule has 1 aromatic rings. The predicted octanol–water partition coefficient (Wildman–Crippen LogP) is 2.96. The topological polar surface area (TPSA) is 66.0 Å². The van der Waals surface area contributed by atoms with Crippen molar-refractivity contribution in [2.24, 2.45) is 0 Å². The van der Waals surface area contributed by atoms with Gasteiger partial charge in [0.25, 0.3) is 0 Å². The smallest absolute Gasteiger partial charge is 0.407 e. The van der Waals surface area contributed by atoms with E-state index in [0.29, 0.717) is 23.8 Å². The zero-order valence-electron chi connectivity index (χ0n) is 13.3. The molecule has 6 nitrogen and oxygen atoms in total. The van der Waals surface area contributed by atoms with E-state index in [1.165, 1.54) is 0 Å². The molecule has 1 aromatic carbocycles. The third-order valence-electron chi connectivity index (χ3n) is 2.75. The number of carbonyl (C=O) groups excluding carboxylic acids is 1. The number of rotatable bonds is 4. The quantitative estimate of drug-likeness (QED) is 0.926. The van der Waals surface area contributed by atoms with Crippen molar-refractivity contribution < 1.29 is 23.7 Å². The SMILES string of the molecule is COc1cc(C=CCNC(=O)OC(C)(C)C)cc2c1OCO2. The lowest BCUT2D eigenvalue weighted by Gasteiger charge is -2.19. The fourth-order valence-electron chi connectivity index (χ4n) is 1.90. The molecular weight excluding hydrogens is 286 g/mol. The van der Waals surface area contributed by atoms with Gasteiger partial charge in [0.05, 0.1) is 7.11 Å². The molecule has 1 heterocycles. The molecule has 6 heteroatoms. The van der Waals surface area contributed by atoms with Crippen LogP contribution in [-0.2, 0) is 4.74 Å². The minimum atomic E-state index is -0.502. The number of methoxy groups -OCH3 is 1. The van der Waals surface area contributed by atoms with Gasteiger partial charge in [0.2, 0.25) is 12.5 Å². The molecular formula is C16H21NO5. The number of hydrogen-bond acceptors (Lipinski definition) is 5. The Hall–Kier alpha value is -2.37. The molecule has 1 aliphatic rings. The summed E-state index contributed by atoms with van der Waals surface area (Å²) in [6.07, 6.45) is 3.24. The van der Waals surface area contributed by atoms with Gasteiger partial charge in [-0.05, 0) is 38.5 Å². The van der Waals surface area contributed by atoms with Crippen LogP contribution in [0.2, 0.25) is 0 Å². The predicted molar refractivity (Wildman–Crippen MR) is 82.4 cm³/mol. The summed E-state index contributed by atoms with van der Waals surface area (Å²) in [5, 5.41) is 2.66. The van der Waals surface area contributed by atoms with Crippen LogP contribution in [0, 0.1) is 0 Å². The van der Waals surface area contributed by atoms with Crippen molar-refractivity contribution in [2.45, 2.75) is 26.4 Å². The highest BCUT2D eigenvalue weighted by Gasteiger charge is 2.19. The number of carbonyl (C=O) groups is 1. The molecule has 1 aliphatic heterocycles. The summed E-state index contributed by atoms with van der Waals surface area (Å²) in [6.45, 7) is 6.02. The van der Waals surface area contributed by atoms with Crippen LogP contribution in [0.5, 0.6) is 17.2 Å². The highest BCUT2D eigenvalue weighted by Crippen LogP contribution is 2.41. The van der Waals surface area contributed by atoms with Gasteiger partial charge >= 0.3 is 6.09 Å². The summed E-state index contributed by atoms with van der Waals surface area (Å²) in [6, 6.07) is 3.70. The largest absolute Gasteiger partial charge is 0.493 e. The normalized spacial score (nSPS) is 13.3. The number of amides is 1. The summed E-state index contributed by atoms with van der Waals surface area (Å²) >= 11 is 0. The average Bonchev–Trinajstić information content (AvgIpc) is 2.89. The summed E-state index contributed by atoms with van der Waals surface area (Å²) in [7, 11) is 1.58. The summed E-state index contributed by atoms with van der Waals surface area (Å²) in [5.41, 5.74) is 0.394. The Balaban J connectivity index is 1.92. The lowest BCUT2D eigenvalue weighted by Crippen LogP contribution is -2.32. The van der Waals surface area contributed by atoms with E-state index in [1.54, 1.807) is 7.11 Å². The first-order valence-corrected chi connectivity index (χ1v) is 7.00. The van der Waals surface area contributed by atoms with Crippen LogP contribution in [0.15, 0.2) is 18.2 Å². The molecule has 0 spiro atoms. The Morgan fingerprint density at radius 2 is 2.14 bits per heavy atom. The Morgan fingerprint density at radius 1 is 1.36 bits per heavy atom. The Kier molecular flexibility index (Phi) is 4.80. The lowest BCUT2D eigenvalue weighted by molar-refractivity contribution is 0.0534. The molecule has 22 heavy (non-hydrogen) atoms.